The fourth-order valence-electron chi connectivity index (χ4n) is 3.13. The Labute approximate surface area is 154 Å². The summed E-state index contributed by atoms with van der Waals surface area (Å²) in [5.74, 6) is -0.136. The highest BCUT2D eigenvalue weighted by molar-refractivity contribution is 6.04. The molecule has 1 heterocycles. The minimum atomic E-state index is -0.113. The standard InChI is InChI=1S/C21H25N3O2/c1-16-7-3-4-8-17(16)15-20(25)22-19-10-6-5-9-18(19)21(26)24-13-11-23(2)12-14-24/h3-10H,11-15H2,1-2H3,(H,22,25). The van der Waals surface area contributed by atoms with Crippen molar-refractivity contribution < 1.29 is 9.59 Å². The fraction of sp³-hybridized carbons (Fsp3) is 0.333. The third kappa shape index (κ3) is 4.29. The van der Waals surface area contributed by atoms with Gasteiger partial charge in [-0.1, -0.05) is 36.4 Å². The quantitative estimate of drug-likeness (QED) is 0.921. The molecule has 5 nitrogen and oxygen atoms in total. The maximum absolute atomic E-state index is 12.9. The van der Waals surface area contributed by atoms with Crippen molar-refractivity contribution in [3.63, 3.8) is 0 Å². The van der Waals surface area contributed by atoms with Crippen LogP contribution in [0, 0.1) is 6.92 Å². The van der Waals surface area contributed by atoms with Crippen LogP contribution in [0.2, 0.25) is 0 Å². The van der Waals surface area contributed by atoms with Gasteiger partial charge in [-0.3, -0.25) is 9.59 Å². The molecule has 0 spiro atoms. The summed E-state index contributed by atoms with van der Waals surface area (Å²) in [6, 6.07) is 15.1. The third-order valence-electron chi connectivity index (χ3n) is 4.83. The van der Waals surface area contributed by atoms with Gasteiger partial charge in [-0.15, -0.1) is 0 Å². The average molecular weight is 351 g/mol. The molecule has 1 N–H and O–H groups in total. The topological polar surface area (TPSA) is 52.7 Å². The van der Waals surface area contributed by atoms with E-state index in [9.17, 15) is 9.59 Å². The predicted molar refractivity (Wildman–Crippen MR) is 103 cm³/mol. The molecule has 0 aliphatic carbocycles. The molecule has 0 bridgehead atoms. The van der Waals surface area contributed by atoms with E-state index in [-0.39, 0.29) is 11.8 Å². The van der Waals surface area contributed by atoms with Gasteiger partial charge in [0.1, 0.15) is 0 Å². The monoisotopic (exact) mass is 351 g/mol. The highest BCUT2D eigenvalue weighted by atomic mass is 16.2. The number of nitrogens with zero attached hydrogens (tertiary/aromatic N) is 2. The van der Waals surface area contributed by atoms with Crippen LogP contribution in [0.5, 0.6) is 0 Å². The van der Waals surface area contributed by atoms with Crippen molar-refractivity contribution >= 4 is 17.5 Å². The summed E-state index contributed by atoms with van der Waals surface area (Å²) in [6.45, 7) is 5.15. The lowest BCUT2D eigenvalue weighted by Crippen LogP contribution is -2.47. The van der Waals surface area contributed by atoms with Gasteiger partial charge in [-0.25, -0.2) is 0 Å². The van der Waals surface area contributed by atoms with E-state index >= 15 is 0 Å². The first-order valence-electron chi connectivity index (χ1n) is 8.96. The summed E-state index contributed by atoms with van der Waals surface area (Å²) in [6.07, 6.45) is 0.295. The Morgan fingerprint density at radius 3 is 2.35 bits per heavy atom. The van der Waals surface area contributed by atoms with Crippen molar-refractivity contribution in [2.45, 2.75) is 13.3 Å². The van der Waals surface area contributed by atoms with Crippen LogP contribution in [0.4, 0.5) is 5.69 Å². The first-order chi connectivity index (χ1) is 12.5. The molecule has 136 valence electrons. The molecule has 0 saturated carbocycles. The van der Waals surface area contributed by atoms with Crippen molar-refractivity contribution in [3.8, 4) is 0 Å². The molecule has 2 aromatic rings. The van der Waals surface area contributed by atoms with E-state index in [0.29, 0.717) is 30.8 Å². The van der Waals surface area contributed by atoms with Crippen LogP contribution in [-0.2, 0) is 11.2 Å². The normalized spacial score (nSPS) is 14.9. The van der Waals surface area contributed by atoms with Gasteiger partial charge >= 0.3 is 0 Å². The first kappa shape index (κ1) is 18.1. The molecule has 0 aromatic heterocycles. The molecular weight excluding hydrogens is 326 g/mol. The van der Waals surface area contributed by atoms with Crippen LogP contribution >= 0.6 is 0 Å². The smallest absolute Gasteiger partial charge is 0.256 e. The number of hydrogen-bond acceptors (Lipinski definition) is 3. The molecular formula is C21H25N3O2. The van der Waals surface area contributed by atoms with Gasteiger partial charge in [0.05, 0.1) is 17.7 Å². The Morgan fingerprint density at radius 2 is 1.62 bits per heavy atom. The van der Waals surface area contributed by atoms with Crippen LogP contribution in [0.25, 0.3) is 0 Å². The lowest BCUT2D eigenvalue weighted by Gasteiger charge is -2.32. The van der Waals surface area contributed by atoms with Crippen molar-refractivity contribution in [2.24, 2.45) is 0 Å². The molecule has 1 saturated heterocycles. The number of hydrogen-bond donors (Lipinski definition) is 1. The Kier molecular flexibility index (Phi) is 5.68. The summed E-state index contributed by atoms with van der Waals surface area (Å²) in [4.78, 5) is 29.4. The Hall–Kier alpha value is -2.66. The average Bonchev–Trinajstić information content (AvgIpc) is 2.64. The molecule has 0 radical (unpaired) electrons. The van der Waals surface area contributed by atoms with Crippen molar-refractivity contribution in [1.29, 1.82) is 0 Å². The van der Waals surface area contributed by atoms with E-state index in [0.717, 1.165) is 24.2 Å². The molecule has 5 heteroatoms. The number of benzene rings is 2. The zero-order valence-electron chi connectivity index (χ0n) is 15.4. The Balaban J connectivity index is 1.72. The number of carbonyl (C=O) groups is 2. The summed E-state index contributed by atoms with van der Waals surface area (Å²) in [7, 11) is 2.06. The zero-order chi connectivity index (χ0) is 18.5. The SMILES string of the molecule is Cc1ccccc1CC(=O)Nc1ccccc1C(=O)N1CCN(C)CC1. The van der Waals surface area contributed by atoms with Crippen molar-refractivity contribution in [3.05, 3.63) is 65.2 Å². The van der Waals surface area contributed by atoms with Crippen molar-refractivity contribution in [2.75, 3.05) is 38.5 Å². The number of carbonyl (C=O) groups excluding carboxylic acids is 2. The van der Waals surface area contributed by atoms with E-state index in [2.05, 4.69) is 17.3 Å². The Morgan fingerprint density at radius 1 is 0.962 bits per heavy atom. The first-order valence-corrected chi connectivity index (χ1v) is 8.96. The van der Waals surface area contributed by atoms with E-state index in [4.69, 9.17) is 0 Å². The molecule has 26 heavy (non-hydrogen) atoms. The van der Waals surface area contributed by atoms with Gasteiger partial charge < -0.3 is 15.1 Å². The van der Waals surface area contributed by atoms with Gasteiger partial charge in [-0.05, 0) is 37.2 Å². The second-order valence-corrected chi connectivity index (χ2v) is 6.79. The second kappa shape index (κ2) is 8.15. The van der Waals surface area contributed by atoms with Crippen LogP contribution in [-0.4, -0.2) is 54.8 Å². The number of aryl methyl sites for hydroxylation is 1. The highest BCUT2D eigenvalue weighted by Crippen LogP contribution is 2.19. The van der Waals surface area contributed by atoms with Crippen LogP contribution in [0.3, 0.4) is 0 Å². The van der Waals surface area contributed by atoms with Crippen LogP contribution in [0.1, 0.15) is 21.5 Å². The molecule has 2 aromatic carbocycles. The largest absolute Gasteiger partial charge is 0.336 e. The molecule has 0 unspecified atom stereocenters. The van der Waals surface area contributed by atoms with Gasteiger partial charge in [0, 0.05) is 26.2 Å². The Bertz CT molecular complexity index is 795. The van der Waals surface area contributed by atoms with E-state index in [1.807, 2.05) is 48.2 Å². The lowest BCUT2D eigenvalue weighted by atomic mass is 10.1. The molecule has 2 amide bonds. The minimum absolute atomic E-state index is 0.0232. The number of para-hydroxylation sites is 1. The zero-order valence-corrected chi connectivity index (χ0v) is 15.4. The maximum Gasteiger partial charge on any atom is 0.256 e. The van der Waals surface area contributed by atoms with E-state index in [1.165, 1.54) is 0 Å². The number of likely N-dealkylation sites (N-methyl/N-ethyl adjacent to an activating group) is 1. The van der Waals surface area contributed by atoms with Crippen molar-refractivity contribution in [1.82, 2.24) is 9.80 Å². The van der Waals surface area contributed by atoms with Crippen LogP contribution in [0.15, 0.2) is 48.5 Å². The summed E-state index contributed by atoms with van der Waals surface area (Å²) in [5, 5.41) is 2.92. The summed E-state index contributed by atoms with van der Waals surface area (Å²) < 4.78 is 0. The number of piperazine rings is 1. The highest BCUT2D eigenvalue weighted by Gasteiger charge is 2.22. The molecule has 1 aliphatic rings. The fourth-order valence-corrected chi connectivity index (χ4v) is 3.13. The minimum Gasteiger partial charge on any atom is -0.336 e. The lowest BCUT2D eigenvalue weighted by molar-refractivity contribution is -0.115. The van der Waals surface area contributed by atoms with Gasteiger partial charge in [-0.2, -0.15) is 0 Å². The molecule has 0 atom stereocenters. The van der Waals surface area contributed by atoms with Gasteiger partial charge in [0.15, 0.2) is 0 Å². The predicted octanol–water partition coefficient (Wildman–Crippen LogP) is 2.56. The van der Waals surface area contributed by atoms with Crippen LogP contribution < -0.4 is 5.32 Å². The number of amides is 2. The maximum atomic E-state index is 12.9. The molecule has 1 aliphatic heterocycles. The number of nitrogens with one attached hydrogen (secondary N) is 1. The number of anilines is 1. The van der Waals surface area contributed by atoms with E-state index in [1.54, 1.807) is 12.1 Å². The molecule has 3 rings (SSSR count). The second-order valence-electron chi connectivity index (χ2n) is 6.79. The summed E-state index contributed by atoms with van der Waals surface area (Å²) in [5.41, 5.74) is 3.21. The molecule has 1 fully saturated rings. The number of rotatable bonds is 4. The van der Waals surface area contributed by atoms with Gasteiger partial charge in [0.25, 0.3) is 5.91 Å². The summed E-state index contributed by atoms with van der Waals surface area (Å²) >= 11 is 0. The van der Waals surface area contributed by atoms with Gasteiger partial charge in [0.2, 0.25) is 5.91 Å². The third-order valence-corrected chi connectivity index (χ3v) is 4.83. The van der Waals surface area contributed by atoms with E-state index < -0.39 is 0 Å².